The smallest absolute Gasteiger partial charge is 0.219 e. The number of hydrogen-bond donors (Lipinski definition) is 0. The van der Waals surface area contributed by atoms with Gasteiger partial charge in [0.2, 0.25) is 5.91 Å². The second kappa shape index (κ2) is 6.02. The molecule has 0 saturated carbocycles. The van der Waals surface area contributed by atoms with Crippen molar-refractivity contribution in [3.05, 3.63) is 23.4 Å². The number of ether oxygens (including phenoxy) is 1. The fraction of sp³-hybridized carbons (Fsp3) is 0.625. The molecular formula is C16H23N3O2. The molecule has 21 heavy (non-hydrogen) atoms. The largest absolute Gasteiger partial charge is 0.378 e. The highest BCUT2D eigenvalue weighted by Gasteiger charge is 2.29. The van der Waals surface area contributed by atoms with Crippen LogP contribution in [0.1, 0.15) is 36.9 Å². The Hall–Kier alpha value is -1.62. The third-order valence-electron chi connectivity index (χ3n) is 4.49. The first-order valence-corrected chi connectivity index (χ1v) is 7.73. The van der Waals surface area contributed by atoms with E-state index in [9.17, 15) is 4.79 Å². The zero-order valence-corrected chi connectivity index (χ0v) is 12.8. The van der Waals surface area contributed by atoms with Crippen LogP contribution in [0.15, 0.2) is 12.3 Å². The normalized spacial score (nSPS) is 22.7. The van der Waals surface area contributed by atoms with Crippen LogP contribution in [0.25, 0.3) is 0 Å². The molecule has 5 heteroatoms. The summed E-state index contributed by atoms with van der Waals surface area (Å²) in [5.41, 5.74) is 2.42. The molecule has 1 amide bonds. The summed E-state index contributed by atoms with van der Waals surface area (Å²) in [5.74, 6) is 1.18. The molecule has 0 aliphatic carbocycles. The zero-order chi connectivity index (χ0) is 14.8. The van der Waals surface area contributed by atoms with Gasteiger partial charge in [-0.1, -0.05) is 0 Å². The lowest BCUT2D eigenvalue weighted by molar-refractivity contribution is -0.129. The first-order valence-electron chi connectivity index (χ1n) is 7.73. The van der Waals surface area contributed by atoms with Crippen LogP contribution in [0.4, 0.5) is 5.82 Å². The van der Waals surface area contributed by atoms with Crippen molar-refractivity contribution >= 4 is 11.7 Å². The molecule has 0 bridgehead atoms. The molecule has 1 aromatic rings. The van der Waals surface area contributed by atoms with Crippen molar-refractivity contribution in [1.29, 1.82) is 0 Å². The highest BCUT2D eigenvalue weighted by atomic mass is 16.5. The Kier molecular flexibility index (Phi) is 4.10. The maximum atomic E-state index is 11.7. The predicted molar refractivity (Wildman–Crippen MR) is 81.4 cm³/mol. The molecule has 1 atom stereocenters. The quantitative estimate of drug-likeness (QED) is 0.834. The Morgan fingerprint density at radius 2 is 2.10 bits per heavy atom. The van der Waals surface area contributed by atoms with E-state index >= 15 is 0 Å². The van der Waals surface area contributed by atoms with Crippen LogP contribution in [0.3, 0.4) is 0 Å². The number of carbonyl (C=O) groups excluding carboxylic acids is 1. The molecule has 0 aromatic carbocycles. The molecule has 3 heterocycles. The van der Waals surface area contributed by atoms with Gasteiger partial charge in [-0.3, -0.25) is 4.79 Å². The maximum Gasteiger partial charge on any atom is 0.219 e. The van der Waals surface area contributed by atoms with Gasteiger partial charge >= 0.3 is 0 Å². The highest BCUT2D eigenvalue weighted by molar-refractivity contribution is 5.74. The summed E-state index contributed by atoms with van der Waals surface area (Å²) in [5, 5.41) is 0. The Bertz CT molecular complexity index is 526. The van der Waals surface area contributed by atoms with Gasteiger partial charge in [-0.15, -0.1) is 0 Å². The molecule has 0 unspecified atom stereocenters. The first-order chi connectivity index (χ1) is 10.2. The number of anilines is 1. The van der Waals surface area contributed by atoms with Crippen molar-refractivity contribution in [3.8, 4) is 0 Å². The van der Waals surface area contributed by atoms with E-state index in [0.29, 0.717) is 0 Å². The molecule has 2 fully saturated rings. The Morgan fingerprint density at radius 3 is 2.76 bits per heavy atom. The third kappa shape index (κ3) is 2.88. The van der Waals surface area contributed by atoms with E-state index in [2.05, 4.69) is 22.9 Å². The summed E-state index contributed by atoms with van der Waals surface area (Å²) in [6, 6.07) is 2.35. The number of aryl methyl sites for hydroxylation is 1. The van der Waals surface area contributed by atoms with E-state index in [1.807, 2.05) is 11.1 Å². The molecule has 5 nitrogen and oxygen atoms in total. The number of hydrogen-bond acceptors (Lipinski definition) is 4. The molecule has 0 N–H and O–H groups in total. The molecule has 1 aromatic heterocycles. The average molecular weight is 289 g/mol. The Morgan fingerprint density at radius 1 is 1.33 bits per heavy atom. The van der Waals surface area contributed by atoms with Gasteiger partial charge in [0, 0.05) is 32.8 Å². The minimum atomic E-state index is 0.161. The topological polar surface area (TPSA) is 45.7 Å². The van der Waals surface area contributed by atoms with Crippen molar-refractivity contribution in [3.63, 3.8) is 0 Å². The van der Waals surface area contributed by atoms with Gasteiger partial charge in [0.15, 0.2) is 0 Å². The van der Waals surface area contributed by atoms with Crippen molar-refractivity contribution in [2.24, 2.45) is 0 Å². The summed E-state index contributed by atoms with van der Waals surface area (Å²) in [7, 11) is 0. The SMILES string of the molecule is CC(=O)N1CCC[C@H]1c1cnc(N2CCOCC2)cc1C. The highest BCUT2D eigenvalue weighted by Crippen LogP contribution is 2.34. The monoisotopic (exact) mass is 289 g/mol. The van der Waals surface area contributed by atoms with Crippen molar-refractivity contribution in [1.82, 2.24) is 9.88 Å². The van der Waals surface area contributed by atoms with Crippen LogP contribution in [-0.2, 0) is 9.53 Å². The van der Waals surface area contributed by atoms with Crippen LogP contribution < -0.4 is 4.90 Å². The van der Waals surface area contributed by atoms with Crippen molar-refractivity contribution in [2.75, 3.05) is 37.7 Å². The molecule has 2 saturated heterocycles. The van der Waals surface area contributed by atoms with Crippen LogP contribution >= 0.6 is 0 Å². The number of likely N-dealkylation sites (tertiary alicyclic amines) is 1. The van der Waals surface area contributed by atoms with Crippen LogP contribution in [-0.4, -0.2) is 48.6 Å². The number of amides is 1. The number of pyridine rings is 1. The number of rotatable bonds is 2. The predicted octanol–water partition coefficient (Wildman–Crippen LogP) is 1.91. The van der Waals surface area contributed by atoms with Crippen LogP contribution in [0.5, 0.6) is 0 Å². The fourth-order valence-electron chi connectivity index (χ4n) is 3.33. The zero-order valence-electron chi connectivity index (χ0n) is 12.8. The van der Waals surface area contributed by atoms with Crippen molar-refractivity contribution < 1.29 is 9.53 Å². The average Bonchev–Trinajstić information content (AvgIpc) is 2.97. The Balaban J connectivity index is 1.82. The lowest BCUT2D eigenvalue weighted by Crippen LogP contribution is -2.37. The molecular weight excluding hydrogens is 266 g/mol. The van der Waals surface area contributed by atoms with Crippen LogP contribution in [0.2, 0.25) is 0 Å². The second-order valence-corrected chi connectivity index (χ2v) is 5.87. The van der Waals surface area contributed by atoms with Gasteiger partial charge < -0.3 is 14.5 Å². The van der Waals surface area contributed by atoms with E-state index in [4.69, 9.17) is 4.74 Å². The number of nitrogens with zero attached hydrogens (tertiary/aromatic N) is 3. The minimum Gasteiger partial charge on any atom is -0.378 e. The summed E-state index contributed by atoms with van der Waals surface area (Å²) in [4.78, 5) is 20.6. The minimum absolute atomic E-state index is 0.161. The Labute approximate surface area is 125 Å². The van der Waals surface area contributed by atoms with Gasteiger partial charge in [-0.05, 0) is 37.0 Å². The first kappa shape index (κ1) is 14.3. The van der Waals surface area contributed by atoms with E-state index in [1.165, 1.54) is 11.1 Å². The molecule has 0 radical (unpaired) electrons. The molecule has 2 aliphatic heterocycles. The summed E-state index contributed by atoms with van der Waals surface area (Å²) in [6.07, 6.45) is 4.08. The van der Waals surface area contributed by atoms with Crippen molar-refractivity contribution in [2.45, 2.75) is 32.7 Å². The standard InChI is InChI=1S/C16H23N3O2/c1-12-10-16(18-6-8-21-9-7-18)17-11-14(12)15-4-3-5-19(15)13(2)20/h10-11,15H,3-9H2,1-2H3/t15-/m0/s1. The fourth-order valence-corrected chi connectivity index (χ4v) is 3.33. The lowest BCUT2D eigenvalue weighted by Gasteiger charge is -2.29. The van der Waals surface area contributed by atoms with Crippen LogP contribution in [0, 0.1) is 6.92 Å². The van der Waals surface area contributed by atoms with Gasteiger partial charge in [-0.2, -0.15) is 0 Å². The van der Waals surface area contributed by atoms with E-state index in [1.54, 1.807) is 6.92 Å². The molecule has 2 aliphatic rings. The summed E-state index contributed by atoms with van der Waals surface area (Å²) < 4.78 is 5.38. The van der Waals surface area contributed by atoms with Gasteiger partial charge in [0.1, 0.15) is 5.82 Å². The number of morpholine rings is 1. The van der Waals surface area contributed by atoms with E-state index in [0.717, 1.165) is 51.5 Å². The van der Waals surface area contributed by atoms with E-state index in [-0.39, 0.29) is 11.9 Å². The maximum absolute atomic E-state index is 11.7. The van der Waals surface area contributed by atoms with E-state index < -0.39 is 0 Å². The third-order valence-corrected chi connectivity index (χ3v) is 4.49. The summed E-state index contributed by atoms with van der Waals surface area (Å²) in [6.45, 7) is 7.97. The molecule has 114 valence electrons. The second-order valence-electron chi connectivity index (χ2n) is 5.87. The van der Waals surface area contributed by atoms with Gasteiger partial charge in [0.05, 0.1) is 19.3 Å². The number of aromatic nitrogens is 1. The molecule has 3 rings (SSSR count). The molecule has 0 spiro atoms. The van der Waals surface area contributed by atoms with Gasteiger partial charge in [0.25, 0.3) is 0 Å². The summed E-state index contributed by atoms with van der Waals surface area (Å²) >= 11 is 0. The lowest BCUT2D eigenvalue weighted by atomic mass is 10.0. The van der Waals surface area contributed by atoms with Gasteiger partial charge in [-0.25, -0.2) is 4.98 Å². The number of carbonyl (C=O) groups is 1.